The van der Waals surface area contributed by atoms with Gasteiger partial charge in [-0.05, 0) is 44.9 Å². The van der Waals surface area contributed by atoms with Gasteiger partial charge in [0.05, 0.1) is 32.8 Å². The second kappa shape index (κ2) is 12.7. The zero-order valence-electron chi connectivity index (χ0n) is 25.2. The third-order valence-electron chi connectivity index (χ3n) is 8.17. The number of hydrogen-bond acceptors (Lipinski definition) is 7. The molecule has 3 aliphatic heterocycles. The molecule has 2 aromatic carbocycles. The van der Waals surface area contributed by atoms with E-state index in [2.05, 4.69) is 5.32 Å². The highest BCUT2D eigenvalue weighted by Gasteiger charge is 2.41. The van der Waals surface area contributed by atoms with Crippen LogP contribution in [0.3, 0.4) is 0 Å². The Morgan fingerprint density at radius 3 is 2.51 bits per heavy atom. The largest absolute Gasteiger partial charge is 0.445 e. The fourth-order valence-corrected chi connectivity index (χ4v) is 5.74. The second-order valence-electron chi connectivity index (χ2n) is 12.5. The van der Waals surface area contributed by atoms with Gasteiger partial charge in [0, 0.05) is 24.1 Å². The van der Waals surface area contributed by atoms with Crippen LogP contribution in [-0.2, 0) is 32.2 Å². The van der Waals surface area contributed by atoms with Crippen LogP contribution in [0.5, 0.6) is 5.75 Å². The van der Waals surface area contributed by atoms with Crippen molar-refractivity contribution in [1.29, 1.82) is 0 Å². The molecule has 0 aromatic heterocycles. The number of nitrogens with zero attached hydrogens (tertiary/aromatic N) is 3. The van der Waals surface area contributed by atoms with Crippen molar-refractivity contribution < 1.29 is 37.9 Å². The molecule has 11 nitrogen and oxygen atoms in total. The van der Waals surface area contributed by atoms with Crippen molar-refractivity contribution in [2.24, 2.45) is 0 Å². The van der Waals surface area contributed by atoms with Crippen molar-refractivity contribution in [2.75, 3.05) is 46.1 Å². The summed E-state index contributed by atoms with van der Waals surface area (Å²) in [5, 5.41) is 2.35. The highest BCUT2D eigenvalue weighted by atomic mass is 16.6. The van der Waals surface area contributed by atoms with E-state index in [1.54, 1.807) is 17.0 Å². The molecule has 2 saturated heterocycles. The lowest BCUT2D eigenvalue weighted by atomic mass is 10.0. The molecule has 0 saturated carbocycles. The molecule has 2 aromatic rings. The van der Waals surface area contributed by atoms with Gasteiger partial charge >= 0.3 is 6.09 Å². The number of piperidine rings is 1. The van der Waals surface area contributed by atoms with Gasteiger partial charge in [0.2, 0.25) is 18.5 Å². The Morgan fingerprint density at radius 1 is 1.07 bits per heavy atom. The van der Waals surface area contributed by atoms with Crippen molar-refractivity contribution in [3.63, 3.8) is 0 Å². The summed E-state index contributed by atoms with van der Waals surface area (Å²) >= 11 is 0. The van der Waals surface area contributed by atoms with Gasteiger partial charge in [0.15, 0.2) is 0 Å². The van der Waals surface area contributed by atoms with Crippen molar-refractivity contribution in [3.05, 3.63) is 65.2 Å². The van der Waals surface area contributed by atoms with E-state index in [1.165, 1.54) is 4.90 Å². The van der Waals surface area contributed by atoms with Crippen LogP contribution < -0.4 is 10.1 Å². The number of ether oxygens (including phenoxy) is 3. The van der Waals surface area contributed by atoms with Crippen LogP contribution in [0.1, 0.15) is 55.1 Å². The minimum atomic E-state index is -0.688. The Kier molecular flexibility index (Phi) is 9.03. The number of imide groups is 1. The van der Waals surface area contributed by atoms with Gasteiger partial charge in [-0.2, -0.15) is 0 Å². The molecule has 230 valence electrons. The summed E-state index contributed by atoms with van der Waals surface area (Å²) < 4.78 is 18.5. The van der Waals surface area contributed by atoms with Crippen LogP contribution in [0.25, 0.3) is 0 Å². The Balaban J connectivity index is 1.30. The molecule has 0 aliphatic carbocycles. The van der Waals surface area contributed by atoms with E-state index in [9.17, 15) is 19.2 Å². The normalized spacial score (nSPS) is 19.9. The molecule has 1 unspecified atom stereocenters. The minimum Gasteiger partial charge on any atom is -0.445 e. The molecule has 5 rings (SSSR count). The number of carbonyl (C=O) groups excluding carboxylic acids is 4. The summed E-state index contributed by atoms with van der Waals surface area (Å²) in [6.07, 6.45) is 0.140. The lowest BCUT2D eigenvalue weighted by Gasteiger charge is -2.41. The number of benzene rings is 2. The molecule has 0 bridgehead atoms. The zero-order valence-corrected chi connectivity index (χ0v) is 25.2. The van der Waals surface area contributed by atoms with Crippen LogP contribution in [-0.4, -0.2) is 95.9 Å². The summed E-state index contributed by atoms with van der Waals surface area (Å²) in [6.45, 7) is 10.2. The van der Waals surface area contributed by atoms with Gasteiger partial charge in [-0.1, -0.05) is 36.4 Å². The zero-order chi connectivity index (χ0) is 30.6. The molecule has 1 atom stereocenters. The molecule has 11 heteroatoms. The van der Waals surface area contributed by atoms with Crippen molar-refractivity contribution in [3.8, 4) is 5.75 Å². The SMILES string of the molecule is CC(C)(C)OC(=O)N(CC[N+]1(COc2cccc3c2CN(C2CCC(=O)NC2=O)C3=O)CCOCC1)Cc1ccccc1. The van der Waals surface area contributed by atoms with E-state index in [1.807, 2.05) is 57.2 Å². The maximum Gasteiger partial charge on any atom is 0.410 e. The lowest BCUT2D eigenvalue weighted by Crippen LogP contribution is -2.59. The van der Waals surface area contributed by atoms with Crippen LogP contribution in [0.15, 0.2) is 48.5 Å². The van der Waals surface area contributed by atoms with Gasteiger partial charge in [0.1, 0.15) is 30.5 Å². The summed E-state index contributed by atoms with van der Waals surface area (Å²) in [5.41, 5.74) is 1.65. The highest BCUT2D eigenvalue weighted by molar-refractivity contribution is 6.05. The van der Waals surface area contributed by atoms with E-state index < -0.39 is 17.6 Å². The molecule has 4 amide bonds. The first-order chi connectivity index (χ1) is 20.5. The van der Waals surface area contributed by atoms with E-state index in [-0.39, 0.29) is 30.9 Å². The molecule has 2 fully saturated rings. The Labute approximate surface area is 252 Å². The lowest BCUT2D eigenvalue weighted by molar-refractivity contribution is -0.948. The molecule has 0 spiro atoms. The van der Waals surface area contributed by atoms with Gasteiger partial charge in [-0.15, -0.1) is 0 Å². The van der Waals surface area contributed by atoms with Gasteiger partial charge in [-0.25, -0.2) is 4.79 Å². The molecular weight excluding hydrogens is 552 g/mol. The van der Waals surface area contributed by atoms with E-state index >= 15 is 0 Å². The molecule has 3 heterocycles. The third-order valence-corrected chi connectivity index (χ3v) is 8.17. The molecule has 43 heavy (non-hydrogen) atoms. The fraction of sp³-hybridized carbons (Fsp3) is 0.500. The number of quaternary nitrogens is 1. The number of hydrogen-bond donors (Lipinski definition) is 1. The molecule has 3 aliphatic rings. The second-order valence-corrected chi connectivity index (χ2v) is 12.5. The third kappa shape index (κ3) is 7.34. The average molecular weight is 594 g/mol. The Morgan fingerprint density at radius 2 is 1.81 bits per heavy atom. The number of rotatable bonds is 9. The van der Waals surface area contributed by atoms with Crippen LogP contribution >= 0.6 is 0 Å². The minimum absolute atomic E-state index is 0.201. The number of morpholine rings is 1. The molecule has 1 N–H and O–H groups in total. The predicted molar refractivity (Wildman–Crippen MR) is 157 cm³/mol. The van der Waals surface area contributed by atoms with E-state index in [0.29, 0.717) is 74.9 Å². The van der Waals surface area contributed by atoms with Crippen LogP contribution in [0.4, 0.5) is 4.79 Å². The quantitative estimate of drug-likeness (QED) is 0.351. The Bertz CT molecular complexity index is 1350. The first kappa shape index (κ1) is 30.5. The van der Waals surface area contributed by atoms with Crippen molar-refractivity contribution >= 4 is 23.8 Å². The van der Waals surface area contributed by atoms with Crippen LogP contribution in [0.2, 0.25) is 0 Å². The van der Waals surface area contributed by atoms with Gasteiger partial charge < -0.3 is 19.1 Å². The maximum absolute atomic E-state index is 13.3. The first-order valence-electron chi connectivity index (χ1n) is 14.9. The van der Waals surface area contributed by atoms with Gasteiger partial charge in [-0.3, -0.25) is 29.1 Å². The molecule has 0 radical (unpaired) electrons. The van der Waals surface area contributed by atoms with Crippen molar-refractivity contribution in [1.82, 2.24) is 15.1 Å². The topological polar surface area (TPSA) is 114 Å². The smallest absolute Gasteiger partial charge is 0.410 e. The van der Waals surface area contributed by atoms with E-state index in [4.69, 9.17) is 14.2 Å². The average Bonchev–Trinajstić information content (AvgIpc) is 3.31. The number of nitrogens with one attached hydrogen (secondary N) is 1. The van der Waals surface area contributed by atoms with Gasteiger partial charge in [0.25, 0.3) is 5.91 Å². The van der Waals surface area contributed by atoms with Crippen LogP contribution in [0, 0.1) is 0 Å². The fourth-order valence-electron chi connectivity index (χ4n) is 5.74. The summed E-state index contributed by atoms with van der Waals surface area (Å²) in [7, 11) is 0. The summed E-state index contributed by atoms with van der Waals surface area (Å²) in [6, 6.07) is 14.5. The molecular formula is C32H41N4O7+. The summed E-state index contributed by atoms with van der Waals surface area (Å²) in [4.78, 5) is 53.9. The predicted octanol–water partition coefficient (Wildman–Crippen LogP) is 3.07. The maximum atomic E-state index is 13.3. The standard InChI is InChI=1S/C32H40N4O7/c1-32(2,3)43-31(40)34(20-23-8-5-4-6-9-23)14-15-36(16-18-41-19-17-36)22-42-27-11-7-10-24-25(27)21-35(30(24)39)26-12-13-28(37)33-29(26)38/h4-11,26H,12-22H2,1-3H3/p+1. The van der Waals surface area contributed by atoms with Crippen molar-refractivity contribution in [2.45, 2.75) is 58.3 Å². The number of amides is 4. The first-order valence-corrected chi connectivity index (χ1v) is 14.9. The highest BCUT2D eigenvalue weighted by Crippen LogP contribution is 2.34. The number of carbonyl (C=O) groups is 4. The van der Waals surface area contributed by atoms with E-state index in [0.717, 1.165) is 11.1 Å². The summed E-state index contributed by atoms with van der Waals surface area (Å²) in [5.74, 6) is -0.400. The number of fused-ring (bicyclic) bond motifs is 1. The monoisotopic (exact) mass is 593 g/mol. The Hall–Kier alpha value is -3.96.